The lowest BCUT2D eigenvalue weighted by Gasteiger charge is -2.01. The summed E-state index contributed by atoms with van der Waals surface area (Å²) in [5, 5.41) is 1.19. The predicted octanol–water partition coefficient (Wildman–Crippen LogP) is 5.02. The van der Waals surface area contributed by atoms with Gasteiger partial charge in [-0.25, -0.2) is 0 Å². The standard InChI is InChI=1S/C10H8Cl2S2/c1-13-7-2-6(5-11)8-4-10(12)14-9(8)3-7/h2-4H,5H2,1H3. The second kappa shape index (κ2) is 4.31. The summed E-state index contributed by atoms with van der Waals surface area (Å²) in [5.74, 6) is 0.540. The van der Waals surface area contributed by atoms with E-state index in [0.717, 1.165) is 9.90 Å². The highest BCUT2D eigenvalue weighted by molar-refractivity contribution is 7.98. The van der Waals surface area contributed by atoms with Crippen LogP contribution in [0, 0.1) is 0 Å². The molecule has 0 N–H and O–H groups in total. The highest BCUT2D eigenvalue weighted by Crippen LogP contribution is 2.35. The summed E-state index contributed by atoms with van der Waals surface area (Å²) in [4.78, 5) is 1.24. The molecule has 1 aromatic carbocycles. The normalized spacial score (nSPS) is 11.1. The van der Waals surface area contributed by atoms with Gasteiger partial charge in [-0.1, -0.05) is 11.6 Å². The number of thioether (sulfide) groups is 1. The lowest BCUT2D eigenvalue weighted by Crippen LogP contribution is -1.80. The van der Waals surface area contributed by atoms with Crippen molar-refractivity contribution < 1.29 is 0 Å². The minimum absolute atomic E-state index is 0.540. The SMILES string of the molecule is CSc1cc(CCl)c2cc(Cl)sc2c1. The van der Waals surface area contributed by atoms with Crippen molar-refractivity contribution in [3.63, 3.8) is 0 Å². The number of halogens is 2. The highest BCUT2D eigenvalue weighted by Gasteiger charge is 2.06. The fourth-order valence-electron chi connectivity index (χ4n) is 1.38. The van der Waals surface area contributed by atoms with Crippen molar-refractivity contribution in [2.45, 2.75) is 10.8 Å². The van der Waals surface area contributed by atoms with Crippen LogP contribution in [0.15, 0.2) is 23.1 Å². The first-order valence-electron chi connectivity index (χ1n) is 4.06. The molecule has 0 unspecified atom stereocenters. The Hall–Kier alpha value is 0.110. The van der Waals surface area contributed by atoms with E-state index >= 15 is 0 Å². The highest BCUT2D eigenvalue weighted by atomic mass is 35.5. The third kappa shape index (κ3) is 1.89. The van der Waals surface area contributed by atoms with Crippen molar-refractivity contribution >= 4 is 56.4 Å². The molecule has 1 aromatic heterocycles. The Balaban J connectivity index is 2.72. The van der Waals surface area contributed by atoms with Gasteiger partial charge in [0.1, 0.15) is 0 Å². The second-order valence-corrected chi connectivity index (χ2v) is 5.74. The molecule has 0 amide bonds. The van der Waals surface area contributed by atoms with Crippen LogP contribution in [0.2, 0.25) is 4.34 Å². The van der Waals surface area contributed by atoms with E-state index in [4.69, 9.17) is 23.2 Å². The molecule has 0 saturated carbocycles. The molecular weight excluding hydrogens is 255 g/mol. The quantitative estimate of drug-likeness (QED) is 0.541. The lowest BCUT2D eigenvalue weighted by molar-refractivity contribution is 1.38. The van der Waals surface area contributed by atoms with E-state index in [-0.39, 0.29) is 0 Å². The molecular formula is C10H8Cl2S2. The predicted molar refractivity (Wildman–Crippen MR) is 68.2 cm³/mol. The summed E-state index contributed by atoms with van der Waals surface area (Å²) in [5.41, 5.74) is 1.16. The number of alkyl halides is 1. The van der Waals surface area contributed by atoms with Crippen LogP contribution in [0.1, 0.15) is 5.56 Å². The number of hydrogen-bond donors (Lipinski definition) is 0. The average Bonchev–Trinajstić information content (AvgIpc) is 2.56. The smallest absolute Gasteiger partial charge is 0.0940 e. The molecule has 2 aromatic rings. The Labute approximate surface area is 101 Å². The minimum Gasteiger partial charge on any atom is -0.130 e. The minimum atomic E-state index is 0.540. The number of benzene rings is 1. The third-order valence-corrected chi connectivity index (χ3v) is 4.25. The van der Waals surface area contributed by atoms with Gasteiger partial charge in [-0.3, -0.25) is 0 Å². The van der Waals surface area contributed by atoms with Crippen LogP contribution in [-0.2, 0) is 5.88 Å². The third-order valence-electron chi connectivity index (χ3n) is 2.05. The van der Waals surface area contributed by atoms with Crippen LogP contribution in [0.4, 0.5) is 0 Å². The first-order valence-corrected chi connectivity index (χ1v) is 7.02. The maximum absolute atomic E-state index is 5.98. The van der Waals surface area contributed by atoms with Gasteiger partial charge in [-0.15, -0.1) is 34.7 Å². The molecule has 0 saturated heterocycles. The van der Waals surface area contributed by atoms with Crippen molar-refractivity contribution in [3.8, 4) is 0 Å². The molecule has 0 spiro atoms. The summed E-state index contributed by atoms with van der Waals surface area (Å²) in [7, 11) is 0. The molecule has 0 radical (unpaired) electrons. The Morgan fingerprint density at radius 1 is 1.36 bits per heavy atom. The van der Waals surface area contributed by atoms with Crippen LogP contribution >= 0.6 is 46.3 Å². The Morgan fingerprint density at radius 2 is 2.14 bits per heavy atom. The molecule has 1 heterocycles. The topological polar surface area (TPSA) is 0 Å². The molecule has 0 fully saturated rings. The largest absolute Gasteiger partial charge is 0.130 e. The molecule has 0 atom stereocenters. The van der Waals surface area contributed by atoms with Gasteiger partial charge < -0.3 is 0 Å². The monoisotopic (exact) mass is 262 g/mol. The Morgan fingerprint density at radius 3 is 2.79 bits per heavy atom. The zero-order valence-electron chi connectivity index (χ0n) is 7.51. The average molecular weight is 263 g/mol. The molecule has 14 heavy (non-hydrogen) atoms. The molecule has 4 heteroatoms. The summed E-state index contributed by atoms with van der Waals surface area (Å²) in [6, 6.07) is 6.28. The van der Waals surface area contributed by atoms with Crippen molar-refractivity contribution in [2.75, 3.05) is 6.26 Å². The number of fused-ring (bicyclic) bond motifs is 1. The number of rotatable bonds is 2. The maximum Gasteiger partial charge on any atom is 0.0940 e. The van der Waals surface area contributed by atoms with Crippen LogP contribution in [-0.4, -0.2) is 6.26 Å². The summed E-state index contributed by atoms with van der Waals surface area (Å²) >= 11 is 15.2. The van der Waals surface area contributed by atoms with E-state index in [9.17, 15) is 0 Å². The van der Waals surface area contributed by atoms with Gasteiger partial charge in [0.2, 0.25) is 0 Å². The van der Waals surface area contributed by atoms with Gasteiger partial charge in [0.05, 0.1) is 4.34 Å². The molecule has 2 rings (SSSR count). The van der Waals surface area contributed by atoms with E-state index < -0.39 is 0 Å². The van der Waals surface area contributed by atoms with Crippen LogP contribution in [0.5, 0.6) is 0 Å². The maximum atomic E-state index is 5.98. The van der Waals surface area contributed by atoms with Crippen molar-refractivity contribution in [1.29, 1.82) is 0 Å². The summed E-state index contributed by atoms with van der Waals surface area (Å²) in [6.45, 7) is 0. The van der Waals surface area contributed by atoms with Gasteiger partial charge in [-0.2, -0.15) is 0 Å². The van der Waals surface area contributed by atoms with Crippen LogP contribution in [0.3, 0.4) is 0 Å². The Bertz CT molecular complexity index is 462. The summed E-state index contributed by atoms with van der Waals surface area (Å²) in [6.07, 6.45) is 2.06. The molecule has 0 aliphatic heterocycles. The molecule has 0 bridgehead atoms. The van der Waals surface area contributed by atoms with Crippen molar-refractivity contribution in [2.24, 2.45) is 0 Å². The van der Waals surface area contributed by atoms with E-state index in [1.807, 2.05) is 6.07 Å². The molecule has 0 aliphatic carbocycles. The first-order chi connectivity index (χ1) is 6.74. The van der Waals surface area contributed by atoms with E-state index in [0.29, 0.717) is 5.88 Å². The zero-order valence-corrected chi connectivity index (χ0v) is 10.7. The zero-order chi connectivity index (χ0) is 10.1. The fourth-order valence-corrected chi connectivity index (χ4v) is 3.40. The van der Waals surface area contributed by atoms with Crippen LogP contribution in [0.25, 0.3) is 10.1 Å². The van der Waals surface area contributed by atoms with Gasteiger partial charge in [0, 0.05) is 15.5 Å². The van der Waals surface area contributed by atoms with Gasteiger partial charge in [0.25, 0.3) is 0 Å². The number of hydrogen-bond acceptors (Lipinski definition) is 2. The Kier molecular flexibility index (Phi) is 3.27. The molecule has 74 valence electrons. The van der Waals surface area contributed by atoms with Crippen molar-refractivity contribution in [3.05, 3.63) is 28.1 Å². The number of thiophene rings is 1. The van der Waals surface area contributed by atoms with E-state index in [1.165, 1.54) is 15.0 Å². The lowest BCUT2D eigenvalue weighted by atomic mass is 10.1. The molecule has 0 aliphatic rings. The van der Waals surface area contributed by atoms with Gasteiger partial charge in [0.15, 0.2) is 0 Å². The van der Waals surface area contributed by atoms with E-state index in [2.05, 4.69) is 18.4 Å². The first kappa shape index (κ1) is 10.6. The van der Waals surface area contributed by atoms with Gasteiger partial charge in [-0.05, 0) is 35.4 Å². The van der Waals surface area contributed by atoms with E-state index in [1.54, 1.807) is 23.1 Å². The van der Waals surface area contributed by atoms with Crippen LogP contribution < -0.4 is 0 Å². The molecule has 0 nitrogen and oxygen atoms in total. The van der Waals surface area contributed by atoms with Gasteiger partial charge >= 0.3 is 0 Å². The fraction of sp³-hybridized carbons (Fsp3) is 0.200. The second-order valence-electron chi connectivity index (χ2n) is 2.88. The van der Waals surface area contributed by atoms with Crippen molar-refractivity contribution in [1.82, 2.24) is 0 Å². The summed E-state index contributed by atoms with van der Waals surface area (Å²) < 4.78 is 2.04.